The number of alkyl halides is 1. The van der Waals surface area contributed by atoms with Crippen LogP contribution in [-0.2, 0) is 15.8 Å². The van der Waals surface area contributed by atoms with Crippen molar-refractivity contribution in [2.75, 3.05) is 5.88 Å². The van der Waals surface area contributed by atoms with Gasteiger partial charge in [0.25, 0.3) is 0 Å². The Morgan fingerprint density at radius 1 is 1.56 bits per heavy atom. The van der Waals surface area contributed by atoms with Crippen molar-refractivity contribution in [3.8, 4) is 0 Å². The molecule has 8 heteroatoms. The van der Waals surface area contributed by atoms with E-state index in [9.17, 15) is 13.6 Å². The van der Waals surface area contributed by atoms with E-state index in [-0.39, 0.29) is 12.3 Å². The maximum Gasteiger partial charge on any atom is 0.409 e. The SMILES string of the molecule is CC(C)(C)OC(=O)NC(N)(CCCl)S(=O)[O-]. The number of carbonyl (C=O) groups is 1. The lowest BCUT2D eigenvalue weighted by Crippen LogP contribution is -2.59. The molecular weight excluding hydrogens is 256 g/mol. The van der Waals surface area contributed by atoms with E-state index in [1.165, 1.54) is 0 Å². The van der Waals surface area contributed by atoms with Gasteiger partial charge < -0.3 is 9.29 Å². The van der Waals surface area contributed by atoms with Crippen molar-refractivity contribution in [2.45, 2.75) is 37.8 Å². The lowest BCUT2D eigenvalue weighted by atomic mass is 10.2. The summed E-state index contributed by atoms with van der Waals surface area (Å²) >= 11 is 2.71. The minimum absolute atomic E-state index is 0.000276. The summed E-state index contributed by atoms with van der Waals surface area (Å²) in [7, 11) is 0. The van der Waals surface area contributed by atoms with Gasteiger partial charge in [0.1, 0.15) is 5.60 Å². The lowest BCUT2D eigenvalue weighted by molar-refractivity contribution is 0.0489. The summed E-state index contributed by atoms with van der Waals surface area (Å²) < 4.78 is 26.6. The van der Waals surface area contributed by atoms with Gasteiger partial charge in [-0.2, -0.15) is 0 Å². The van der Waals surface area contributed by atoms with Gasteiger partial charge in [0.15, 0.2) is 4.99 Å². The maximum absolute atomic E-state index is 11.3. The molecule has 0 aromatic heterocycles. The molecule has 0 radical (unpaired) electrons. The smallest absolute Gasteiger partial charge is 0.409 e. The van der Waals surface area contributed by atoms with E-state index in [1.54, 1.807) is 20.8 Å². The Bertz CT molecular complexity index is 282. The Morgan fingerprint density at radius 2 is 2.06 bits per heavy atom. The minimum atomic E-state index is -2.69. The molecule has 0 heterocycles. The Morgan fingerprint density at radius 3 is 2.38 bits per heavy atom. The molecule has 0 bridgehead atoms. The number of alkyl carbamates (subject to hydrolysis) is 1. The Hall–Kier alpha value is -0.370. The maximum atomic E-state index is 11.3. The molecule has 0 rings (SSSR count). The summed E-state index contributed by atoms with van der Waals surface area (Å²) in [6.45, 7) is 4.96. The monoisotopic (exact) mass is 271 g/mol. The van der Waals surface area contributed by atoms with Gasteiger partial charge in [0.05, 0.1) is 0 Å². The van der Waals surface area contributed by atoms with E-state index < -0.39 is 27.8 Å². The van der Waals surface area contributed by atoms with Gasteiger partial charge >= 0.3 is 6.09 Å². The molecule has 0 aliphatic carbocycles. The summed E-state index contributed by atoms with van der Waals surface area (Å²) in [6, 6.07) is 0. The predicted octanol–water partition coefficient (Wildman–Crippen LogP) is 0.632. The average Bonchev–Trinajstić information content (AvgIpc) is 1.99. The fourth-order valence-electron chi connectivity index (χ4n) is 0.804. The van der Waals surface area contributed by atoms with Gasteiger partial charge in [0.2, 0.25) is 0 Å². The van der Waals surface area contributed by atoms with Crippen molar-refractivity contribution in [1.82, 2.24) is 5.32 Å². The standard InChI is InChI=1S/C8H17ClN2O4S/c1-7(2,3)15-6(12)11-8(10,4-5-9)16(13)14/h4-5,10H2,1-3H3,(H,11,12)(H,13,14)/p-1. The zero-order valence-corrected chi connectivity index (χ0v) is 11.0. The van der Waals surface area contributed by atoms with Crippen molar-refractivity contribution in [2.24, 2.45) is 5.73 Å². The fourth-order valence-corrected chi connectivity index (χ4v) is 1.65. The van der Waals surface area contributed by atoms with Gasteiger partial charge in [-0.25, -0.2) is 4.79 Å². The first kappa shape index (κ1) is 15.6. The summed E-state index contributed by atoms with van der Waals surface area (Å²) in [5.74, 6) is 0.000276. The number of carbonyl (C=O) groups excluding carboxylic acids is 1. The van der Waals surface area contributed by atoms with Gasteiger partial charge in [-0.05, 0) is 31.9 Å². The number of ether oxygens (including phenoxy) is 1. The minimum Gasteiger partial charge on any atom is -0.770 e. The second kappa shape index (κ2) is 5.81. The molecule has 0 aromatic carbocycles. The molecule has 0 aliphatic heterocycles. The van der Waals surface area contributed by atoms with Crippen LogP contribution in [0.25, 0.3) is 0 Å². The average molecular weight is 272 g/mol. The molecule has 0 aliphatic rings. The summed E-state index contributed by atoms with van der Waals surface area (Å²) in [6.07, 6.45) is -1.01. The van der Waals surface area contributed by atoms with Gasteiger partial charge in [-0.1, -0.05) is 0 Å². The normalized spacial score (nSPS) is 17.4. The lowest BCUT2D eigenvalue weighted by Gasteiger charge is -2.32. The van der Waals surface area contributed by atoms with Crippen LogP contribution in [0.5, 0.6) is 0 Å². The highest BCUT2D eigenvalue weighted by Crippen LogP contribution is 2.11. The molecule has 0 spiro atoms. The van der Waals surface area contributed by atoms with Crippen LogP contribution in [0.15, 0.2) is 0 Å². The van der Waals surface area contributed by atoms with Crippen LogP contribution in [0, 0.1) is 0 Å². The summed E-state index contributed by atoms with van der Waals surface area (Å²) in [5.41, 5.74) is 4.74. The van der Waals surface area contributed by atoms with Crippen LogP contribution in [0.2, 0.25) is 0 Å². The van der Waals surface area contributed by atoms with Crippen LogP contribution >= 0.6 is 11.6 Å². The highest BCUT2D eigenvalue weighted by Gasteiger charge is 2.30. The molecule has 0 fully saturated rings. The molecule has 0 aromatic rings. The number of halogens is 1. The van der Waals surface area contributed by atoms with Crippen molar-refractivity contribution < 1.29 is 18.3 Å². The molecular formula is C8H16ClN2O4S-. The molecule has 1 amide bonds. The van der Waals surface area contributed by atoms with E-state index in [2.05, 4.69) is 5.32 Å². The largest absolute Gasteiger partial charge is 0.770 e. The summed E-state index contributed by atoms with van der Waals surface area (Å²) in [4.78, 5) is 9.43. The highest BCUT2D eigenvalue weighted by atomic mass is 35.5. The zero-order chi connectivity index (χ0) is 13.0. The number of hydrogen-bond acceptors (Lipinski definition) is 5. The molecule has 2 unspecified atom stereocenters. The molecule has 2 atom stereocenters. The number of rotatable bonds is 4. The number of hydrogen-bond donors (Lipinski definition) is 2. The fraction of sp³-hybridized carbons (Fsp3) is 0.875. The third kappa shape index (κ3) is 5.64. The summed E-state index contributed by atoms with van der Waals surface area (Å²) in [5, 5.41) is 2.07. The van der Waals surface area contributed by atoms with Crippen molar-refractivity contribution in [3.63, 3.8) is 0 Å². The Kier molecular flexibility index (Phi) is 5.67. The van der Waals surface area contributed by atoms with E-state index in [1.807, 2.05) is 0 Å². The van der Waals surface area contributed by atoms with Crippen molar-refractivity contribution in [1.29, 1.82) is 0 Å². The number of nitrogens with two attached hydrogens (primary N) is 1. The molecule has 96 valence electrons. The second-order valence-electron chi connectivity index (χ2n) is 4.19. The van der Waals surface area contributed by atoms with Gasteiger partial charge in [-0.15, -0.1) is 11.6 Å². The Balaban J connectivity index is 4.53. The molecule has 3 N–H and O–H groups in total. The van der Waals surface area contributed by atoms with Gasteiger partial charge in [0, 0.05) is 12.3 Å². The number of nitrogens with one attached hydrogen (secondary N) is 1. The van der Waals surface area contributed by atoms with Crippen LogP contribution in [0.1, 0.15) is 27.2 Å². The van der Waals surface area contributed by atoms with Gasteiger partial charge in [-0.3, -0.25) is 15.3 Å². The molecule has 0 saturated carbocycles. The van der Waals surface area contributed by atoms with E-state index >= 15 is 0 Å². The second-order valence-corrected chi connectivity index (χ2v) is 5.77. The molecule has 0 saturated heterocycles. The van der Waals surface area contributed by atoms with Crippen molar-refractivity contribution >= 4 is 28.8 Å². The van der Waals surface area contributed by atoms with Crippen LogP contribution in [-0.4, -0.2) is 31.3 Å². The molecule has 6 nitrogen and oxygen atoms in total. The Labute approximate surface area is 102 Å². The third-order valence-corrected chi connectivity index (χ3v) is 2.57. The number of amides is 1. The van der Waals surface area contributed by atoms with E-state index in [0.29, 0.717) is 0 Å². The van der Waals surface area contributed by atoms with E-state index in [0.717, 1.165) is 0 Å². The van der Waals surface area contributed by atoms with E-state index in [4.69, 9.17) is 22.1 Å². The highest BCUT2D eigenvalue weighted by molar-refractivity contribution is 7.80. The van der Waals surface area contributed by atoms with Crippen molar-refractivity contribution in [3.05, 3.63) is 0 Å². The van der Waals surface area contributed by atoms with Crippen LogP contribution in [0.4, 0.5) is 4.79 Å². The first-order valence-corrected chi connectivity index (χ1v) is 6.17. The van der Waals surface area contributed by atoms with Crippen LogP contribution < -0.4 is 11.1 Å². The topological polar surface area (TPSA) is 104 Å². The molecule has 16 heavy (non-hydrogen) atoms. The first-order valence-electron chi connectivity index (χ1n) is 4.56. The first-order chi connectivity index (χ1) is 7.10. The predicted molar refractivity (Wildman–Crippen MR) is 60.5 cm³/mol. The zero-order valence-electron chi connectivity index (χ0n) is 9.41. The van der Waals surface area contributed by atoms with Crippen LogP contribution in [0.3, 0.4) is 0 Å². The third-order valence-electron chi connectivity index (χ3n) is 1.48. The quantitative estimate of drug-likeness (QED) is 0.443.